The van der Waals surface area contributed by atoms with Gasteiger partial charge in [0.1, 0.15) is 0 Å². The zero-order chi connectivity index (χ0) is 3.58. The third kappa shape index (κ3) is 102. The number of carboxylic acid groups (broad SMARTS) is 2. The van der Waals surface area contributed by atoms with E-state index in [1.54, 1.807) is 0 Å². The van der Waals surface area contributed by atoms with Crippen molar-refractivity contribution in [2.24, 2.45) is 0 Å². The molecule has 0 radical (unpaired) electrons. The molecule has 0 aliphatic heterocycles. The van der Waals surface area contributed by atoms with Crippen molar-refractivity contribution in [3.05, 3.63) is 0 Å². The van der Waals surface area contributed by atoms with Crippen LogP contribution in [-0.2, 0) is 0 Å². The largest absolute Gasteiger partial charge is 1.00 e. The number of carbonyl (C=O) groups is 1. The molecular formula is CH4FKO3. The molecule has 0 aromatic carbocycles. The molecule has 0 unspecified atom stereocenters. The van der Waals surface area contributed by atoms with Crippen LogP contribution in [0.3, 0.4) is 0 Å². The number of halogens is 1. The van der Waals surface area contributed by atoms with Crippen molar-refractivity contribution in [2.45, 2.75) is 0 Å². The molecule has 0 aromatic heterocycles. The van der Waals surface area contributed by atoms with Gasteiger partial charge in [-0.1, -0.05) is 0 Å². The summed E-state index contributed by atoms with van der Waals surface area (Å²) >= 11 is 0. The van der Waals surface area contributed by atoms with Crippen molar-refractivity contribution in [2.75, 3.05) is 0 Å². The Balaban J connectivity index is -0.0000000150. The smallest absolute Gasteiger partial charge is 1.00 e. The van der Waals surface area contributed by atoms with E-state index in [0.29, 0.717) is 0 Å². The average Bonchev–Trinajstić information content (AvgIpc) is 0.811. The van der Waals surface area contributed by atoms with Crippen molar-refractivity contribution in [3.8, 4) is 0 Å². The van der Waals surface area contributed by atoms with Crippen LogP contribution < -0.4 is 51.4 Å². The van der Waals surface area contributed by atoms with Gasteiger partial charge in [0.2, 0.25) is 0 Å². The number of hydrogen-bond donors (Lipinski definition) is 2. The van der Waals surface area contributed by atoms with Crippen LogP contribution in [0.5, 0.6) is 0 Å². The molecule has 0 atom stereocenters. The Kier molecular flexibility index (Phi) is 24.5. The van der Waals surface area contributed by atoms with E-state index >= 15 is 0 Å². The monoisotopic (exact) mass is 122 g/mol. The zero-order valence-corrected chi connectivity index (χ0v) is 6.33. The van der Waals surface area contributed by atoms with Crippen molar-refractivity contribution in [1.82, 2.24) is 0 Å². The molecule has 5 heteroatoms. The predicted octanol–water partition coefficient (Wildman–Crippen LogP) is -2.51. The molecule has 6 heavy (non-hydrogen) atoms. The summed E-state index contributed by atoms with van der Waals surface area (Å²) in [5, 5.41) is 13.9. The zero-order valence-electron chi connectivity index (χ0n) is 4.21. The summed E-state index contributed by atoms with van der Waals surface area (Å²) in [4.78, 5) is 8.56. The van der Waals surface area contributed by atoms with E-state index in [9.17, 15) is 0 Å². The quantitative estimate of drug-likeness (QED) is 0.349. The second-order valence-corrected chi connectivity index (χ2v) is 0.283. The van der Waals surface area contributed by atoms with Gasteiger partial charge in [-0.3, -0.25) is 4.70 Å². The molecule has 0 aliphatic carbocycles. The molecule has 0 aliphatic rings. The minimum Gasteiger partial charge on any atom is -1.00 e. The third-order valence-corrected chi connectivity index (χ3v) is 0. The topological polar surface area (TPSA) is 57.5 Å². The van der Waals surface area contributed by atoms with Crippen LogP contribution in [-0.4, -0.2) is 16.4 Å². The average molecular weight is 122 g/mol. The normalized spacial score (nSPS) is 4.00. The van der Waals surface area contributed by atoms with E-state index in [4.69, 9.17) is 15.0 Å². The van der Waals surface area contributed by atoms with E-state index in [1.165, 1.54) is 0 Å². The Morgan fingerprint density at radius 1 is 1.50 bits per heavy atom. The molecule has 0 amide bonds. The first kappa shape index (κ1) is 15.8. The van der Waals surface area contributed by atoms with Crippen LogP contribution in [0.1, 0.15) is 1.43 Å². The predicted molar refractivity (Wildman–Crippen MR) is 14.3 cm³/mol. The molecule has 0 saturated carbocycles. The summed E-state index contributed by atoms with van der Waals surface area (Å²) in [6.07, 6.45) is -1.83. The molecule has 0 fully saturated rings. The first-order valence-electron chi connectivity index (χ1n) is 0.651. The van der Waals surface area contributed by atoms with Crippen LogP contribution in [0.15, 0.2) is 0 Å². The van der Waals surface area contributed by atoms with Crippen molar-refractivity contribution in [1.29, 1.82) is 0 Å². The molecule has 2 N–H and O–H groups in total. The van der Waals surface area contributed by atoms with Gasteiger partial charge in [0.25, 0.3) is 0 Å². The molecule has 0 spiro atoms. The van der Waals surface area contributed by atoms with Gasteiger partial charge in [0, 0.05) is 0 Å². The van der Waals surface area contributed by atoms with E-state index in [-0.39, 0.29) is 57.5 Å². The first-order valence-corrected chi connectivity index (χ1v) is 0.651. The molecule has 3 nitrogen and oxygen atoms in total. The fourth-order valence-corrected chi connectivity index (χ4v) is 0. The second kappa shape index (κ2) is 9.28. The molecule has 0 aromatic rings. The van der Waals surface area contributed by atoms with Crippen LogP contribution in [0, 0.1) is 0 Å². The van der Waals surface area contributed by atoms with Gasteiger partial charge in [0.15, 0.2) is 0 Å². The van der Waals surface area contributed by atoms with Gasteiger partial charge in [-0.2, -0.15) is 0 Å². The minimum absolute atomic E-state index is 0. The number of rotatable bonds is 0. The van der Waals surface area contributed by atoms with Crippen molar-refractivity contribution < 1.29 is 72.5 Å². The van der Waals surface area contributed by atoms with E-state index in [2.05, 4.69) is 0 Å². The van der Waals surface area contributed by atoms with Gasteiger partial charge < -0.3 is 11.6 Å². The molecule has 0 saturated heterocycles. The van der Waals surface area contributed by atoms with Gasteiger partial charge in [-0.05, 0) is 0 Å². The summed E-state index contributed by atoms with van der Waals surface area (Å²) in [5.74, 6) is 0. The van der Waals surface area contributed by atoms with E-state index < -0.39 is 6.16 Å². The second-order valence-electron chi connectivity index (χ2n) is 0.283. The van der Waals surface area contributed by atoms with Crippen molar-refractivity contribution >= 4 is 6.16 Å². The molecule has 0 bridgehead atoms. The van der Waals surface area contributed by atoms with E-state index in [1.807, 2.05) is 0 Å². The van der Waals surface area contributed by atoms with Crippen LogP contribution in [0.4, 0.5) is 9.50 Å². The fraction of sp³-hybridized carbons (Fsp3) is 0. The van der Waals surface area contributed by atoms with Gasteiger partial charge in [0.05, 0.1) is 0 Å². The van der Waals surface area contributed by atoms with Gasteiger partial charge in [-0.15, -0.1) is 0 Å². The fourth-order valence-electron chi connectivity index (χ4n) is 0. The third-order valence-electron chi connectivity index (χ3n) is 0. The molecule has 0 rings (SSSR count). The summed E-state index contributed by atoms with van der Waals surface area (Å²) < 4.78 is 0. The first-order chi connectivity index (χ1) is 1.73. The van der Waals surface area contributed by atoms with Crippen LogP contribution in [0.25, 0.3) is 0 Å². The standard InChI is InChI=1S/CH2O3.FH.K.H/c2-1(3)4;;;/h(H2,2,3,4);1H;;/q;;+1;-1. The van der Waals surface area contributed by atoms with Crippen molar-refractivity contribution in [3.63, 3.8) is 0 Å². The summed E-state index contributed by atoms with van der Waals surface area (Å²) in [6, 6.07) is 0. The Labute approximate surface area is 77.6 Å². The maximum atomic E-state index is 8.56. The SMILES string of the molecule is F.O=C(O)O.[H-].[K+]. The Morgan fingerprint density at radius 2 is 1.50 bits per heavy atom. The van der Waals surface area contributed by atoms with E-state index in [0.717, 1.165) is 0 Å². The summed E-state index contributed by atoms with van der Waals surface area (Å²) in [6.45, 7) is 0. The maximum Gasteiger partial charge on any atom is 1.00 e. The molecule has 0 heterocycles. The van der Waals surface area contributed by atoms with Gasteiger partial charge in [-0.25, -0.2) is 4.79 Å². The number of hydrogen-bond acceptors (Lipinski definition) is 1. The Bertz CT molecular complexity index is 37.9. The van der Waals surface area contributed by atoms with Crippen LogP contribution >= 0.6 is 0 Å². The van der Waals surface area contributed by atoms with Gasteiger partial charge >= 0.3 is 57.5 Å². The van der Waals surface area contributed by atoms with Crippen LogP contribution in [0.2, 0.25) is 0 Å². The summed E-state index contributed by atoms with van der Waals surface area (Å²) in [5.41, 5.74) is 0. The minimum atomic E-state index is -1.83. The Morgan fingerprint density at radius 3 is 1.50 bits per heavy atom. The summed E-state index contributed by atoms with van der Waals surface area (Å²) in [7, 11) is 0. The molecular weight excluding hydrogens is 118 g/mol. The molecule has 34 valence electrons. The Hall–Kier alpha value is 0.836. The maximum absolute atomic E-state index is 8.56.